The van der Waals surface area contributed by atoms with Gasteiger partial charge in [0.1, 0.15) is 12.4 Å². The molecule has 2 aromatic rings. The van der Waals surface area contributed by atoms with Crippen molar-refractivity contribution in [1.82, 2.24) is 15.8 Å². The van der Waals surface area contributed by atoms with Crippen molar-refractivity contribution >= 4 is 35.4 Å². The Labute approximate surface area is 164 Å². The zero-order valence-corrected chi connectivity index (χ0v) is 15.4. The number of nitrogens with zero attached hydrogens (tertiary/aromatic N) is 1. The number of rotatable bonds is 5. The highest BCUT2D eigenvalue weighted by Crippen LogP contribution is 2.21. The summed E-state index contributed by atoms with van der Waals surface area (Å²) in [7, 11) is 0. The Morgan fingerprint density at radius 2 is 1.68 bits per heavy atom. The molecule has 0 atom stereocenters. The fourth-order valence-corrected chi connectivity index (χ4v) is 3.36. The highest BCUT2D eigenvalue weighted by molar-refractivity contribution is 8.00. The number of benzene rings is 2. The Kier molecular flexibility index (Phi) is 6.05. The second-order valence-corrected chi connectivity index (χ2v) is 6.95. The van der Waals surface area contributed by atoms with E-state index in [1.54, 1.807) is 36.4 Å². The van der Waals surface area contributed by atoms with Gasteiger partial charge in [0.15, 0.2) is 0 Å². The molecule has 28 heavy (non-hydrogen) atoms. The standard InChI is InChI=1S/C19H16FN3O4S/c20-14-7-3-4-8-15(14)28-11-17(25)22-21-16(24)10-23-18(26)9-12-5-1-2-6-13(12)19(23)27/h1-8H,9-11H2,(H,21,24)(H,22,25). The van der Waals surface area contributed by atoms with E-state index in [4.69, 9.17) is 0 Å². The second-order valence-electron chi connectivity index (χ2n) is 5.93. The first-order valence-electron chi connectivity index (χ1n) is 8.33. The van der Waals surface area contributed by atoms with Crippen LogP contribution >= 0.6 is 11.8 Å². The number of amides is 4. The Hall–Kier alpha value is -3.20. The average Bonchev–Trinajstić information content (AvgIpc) is 2.69. The molecule has 9 heteroatoms. The van der Waals surface area contributed by atoms with Gasteiger partial charge in [0, 0.05) is 10.5 Å². The van der Waals surface area contributed by atoms with Crippen LogP contribution in [0.25, 0.3) is 0 Å². The predicted molar refractivity (Wildman–Crippen MR) is 99.6 cm³/mol. The van der Waals surface area contributed by atoms with Crippen molar-refractivity contribution in [2.75, 3.05) is 12.3 Å². The van der Waals surface area contributed by atoms with Crippen LogP contribution in [0.1, 0.15) is 15.9 Å². The first-order chi connectivity index (χ1) is 13.5. The number of halogens is 1. The third-order valence-corrected chi connectivity index (χ3v) is 5.02. The number of hydrazine groups is 1. The van der Waals surface area contributed by atoms with E-state index in [0.29, 0.717) is 16.0 Å². The lowest BCUT2D eigenvalue weighted by molar-refractivity contribution is -0.134. The molecule has 0 spiro atoms. The van der Waals surface area contributed by atoms with Crippen LogP contribution in [0.2, 0.25) is 0 Å². The molecule has 2 N–H and O–H groups in total. The van der Waals surface area contributed by atoms with Gasteiger partial charge in [-0.3, -0.25) is 34.9 Å². The number of nitrogens with one attached hydrogen (secondary N) is 2. The Bertz CT molecular complexity index is 950. The van der Waals surface area contributed by atoms with Gasteiger partial charge in [-0.2, -0.15) is 0 Å². The van der Waals surface area contributed by atoms with Crippen molar-refractivity contribution in [3.05, 3.63) is 65.5 Å². The molecule has 0 aromatic heterocycles. The number of hydrogen-bond donors (Lipinski definition) is 2. The van der Waals surface area contributed by atoms with Gasteiger partial charge in [0.05, 0.1) is 12.2 Å². The van der Waals surface area contributed by atoms with Crippen molar-refractivity contribution in [3.63, 3.8) is 0 Å². The van der Waals surface area contributed by atoms with E-state index in [1.165, 1.54) is 12.1 Å². The second kappa shape index (κ2) is 8.66. The number of hydrogen-bond acceptors (Lipinski definition) is 5. The molecule has 4 amide bonds. The van der Waals surface area contributed by atoms with Crippen LogP contribution in [-0.4, -0.2) is 40.8 Å². The first-order valence-corrected chi connectivity index (χ1v) is 9.32. The van der Waals surface area contributed by atoms with E-state index in [1.807, 2.05) is 0 Å². The normalized spacial score (nSPS) is 13.1. The summed E-state index contributed by atoms with van der Waals surface area (Å²) in [6, 6.07) is 12.7. The van der Waals surface area contributed by atoms with Gasteiger partial charge in [-0.15, -0.1) is 11.8 Å². The van der Waals surface area contributed by atoms with Crippen LogP contribution in [0.5, 0.6) is 0 Å². The molecule has 144 valence electrons. The summed E-state index contributed by atoms with van der Waals surface area (Å²) in [6.45, 7) is -0.507. The number of thioether (sulfide) groups is 1. The first kappa shape index (κ1) is 19.6. The highest BCUT2D eigenvalue weighted by atomic mass is 32.2. The lowest BCUT2D eigenvalue weighted by Gasteiger charge is -2.26. The minimum atomic E-state index is -0.717. The monoisotopic (exact) mass is 401 g/mol. The molecule has 0 bridgehead atoms. The molecule has 0 fully saturated rings. The molecule has 3 rings (SSSR count). The summed E-state index contributed by atoms with van der Waals surface area (Å²) < 4.78 is 13.5. The van der Waals surface area contributed by atoms with Gasteiger partial charge in [0.2, 0.25) is 11.8 Å². The maximum absolute atomic E-state index is 13.5. The lowest BCUT2D eigenvalue weighted by atomic mass is 9.98. The molecule has 2 aromatic carbocycles. The number of imide groups is 1. The van der Waals surface area contributed by atoms with Crippen LogP contribution in [0.15, 0.2) is 53.4 Å². The molecule has 0 saturated heterocycles. The molecule has 0 aliphatic carbocycles. The third-order valence-electron chi connectivity index (χ3n) is 3.97. The summed E-state index contributed by atoms with van der Waals surface area (Å²) in [5.74, 6) is -2.86. The number of carbonyl (C=O) groups is 4. The summed E-state index contributed by atoms with van der Waals surface area (Å²) >= 11 is 0.979. The van der Waals surface area contributed by atoms with E-state index in [2.05, 4.69) is 10.9 Å². The molecule has 1 aliphatic rings. The predicted octanol–water partition coefficient (Wildman–Crippen LogP) is 1.29. The van der Waals surface area contributed by atoms with Crippen LogP contribution in [0, 0.1) is 5.82 Å². The summed E-state index contributed by atoms with van der Waals surface area (Å²) in [6.07, 6.45) is 0.0286. The Balaban J connectivity index is 1.49. The molecular weight excluding hydrogens is 385 g/mol. The molecule has 7 nitrogen and oxygen atoms in total. The van der Waals surface area contributed by atoms with Crippen LogP contribution in [0.3, 0.4) is 0 Å². The highest BCUT2D eigenvalue weighted by Gasteiger charge is 2.31. The lowest BCUT2D eigenvalue weighted by Crippen LogP contribution is -2.51. The summed E-state index contributed by atoms with van der Waals surface area (Å²) in [4.78, 5) is 49.5. The smallest absolute Gasteiger partial charge is 0.261 e. The third kappa shape index (κ3) is 4.55. The van der Waals surface area contributed by atoms with Crippen LogP contribution in [0.4, 0.5) is 4.39 Å². The van der Waals surface area contributed by atoms with Crippen LogP contribution < -0.4 is 10.9 Å². The molecular formula is C19H16FN3O4S. The van der Waals surface area contributed by atoms with Gasteiger partial charge in [-0.05, 0) is 23.8 Å². The van der Waals surface area contributed by atoms with Crippen molar-refractivity contribution in [1.29, 1.82) is 0 Å². The van der Waals surface area contributed by atoms with Crippen LogP contribution in [-0.2, 0) is 20.8 Å². The zero-order chi connectivity index (χ0) is 20.1. The van der Waals surface area contributed by atoms with Crippen molar-refractivity contribution in [2.24, 2.45) is 0 Å². The van der Waals surface area contributed by atoms with E-state index < -0.39 is 36.0 Å². The zero-order valence-electron chi connectivity index (χ0n) is 14.6. The molecule has 0 saturated carbocycles. The minimum absolute atomic E-state index is 0.0286. The average molecular weight is 401 g/mol. The Morgan fingerprint density at radius 1 is 1.00 bits per heavy atom. The van der Waals surface area contributed by atoms with E-state index in [0.717, 1.165) is 16.7 Å². The SMILES string of the molecule is O=C(CSc1ccccc1F)NNC(=O)CN1C(=O)Cc2ccccc2C1=O. The maximum atomic E-state index is 13.5. The Morgan fingerprint density at radius 3 is 2.46 bits per heavy atom. The van der Waals surface area contributed by atoms with E-state index in [-0.39, 0.29) is 12.2 Å². The minimum Gasteiger partial charge on any atom is -0.274 e. The number of fused-ring (bicyclic) bond motifs is 1. The molecule has 1 heterocycles. The van der Waals surface area contributed by atoms with Gasteiger partial charge < -0.3 is 0 Å². The maximum Gasteiger partial charge on any atom is 0.261 e. The molecule has 1 aliphatic heterocycles. The van der Waals surface area contributed by atoms with Crippen molar-refractivity contribution < 1.29 is 23.6 Å². The molecule has 0 unspecified atom stereocenters. The van der Waals surface area contributed by atoms with Gasteiger partial charge in [0.25, 0.3) is 11.8 Å². The molecule has 0 radical (unpaired) electrons. The van der Waals surface area contributed by atoms with Gasteiger partial charge in [-0.25, -0.2) is 4.39 Å². The summed E-state index contributed by atoms with van der Waals surface area (Å²) in [5, 5.41) is 0. The van der Waals surface area contributed by atoms with E-state index in [9.17, 15) is 23.6 Å². The van der Waals surface area contributed by atoms with E-state index >= 15 is 0 Å². The van der Waals surface area contributed by atoms with Crippen molar-refractivity contribution in [2.45, 2.75) is 11.3 Å². The largest absolute Gasteiger partial charge is 0.274 e. The fourth-order valence-electron chi connectivity index (χ4n) is 2.62. The van der Waals surface area contributed by atoms with Crippen molar-refractivity contribution in [3.8, 4) is 0 Å². The fraction of sp³-hybridized carbons (Fsp3) is 0.158. The summed E-state index contributed by atoms with van der Waals surface area (Å²) in [5.41, 5.74) is 5.33. The van der Waals surface area contributed by atoms with Gasteiger partial charge >= 0.3 is 0 Å². The van der Waals surface area contributed by atoms with Gasteiger partial charge in [-0.1, -0.05) is 30.3 Å². The topological polar surface area (TPSA) is 95.6 Å². The quantitative estimate of drug-likeness (QED) is 0.447. The number of carbonyl (C=O) groups excluding carboxylic acids is 4.